The third kappa shape index (κ3) is 71.7. The Morgan fingerprint density at radius 1 is 0.320 bits per heavy atom. The van der Waals surface area contributed by atoms with Gasteiger partial charge in [0, 0.05) is 25.7 Å². The molecule has 0 aromatic rings. The lowest BCUT2D eigenvalue weighted by atomic mass is 10.0. The van der Waals surface area contributed by atoms with Crippen molar-refractivity contribution in [1.29, 1.82) is 0 Å². The molecule has 17 nitrogen and oxygen atoms in total. The molecule has 0 spiro atoms. The summed E-state index contributed by atoms with van der Waals surface area (Å²) in [4.78, 5) is 72.9. The maximum absolute atomic E-state index is 13.1. The first-order valence-corrected chi connectivity index (χ1v) is 42.8. The van der Waals surface area contributed by atoms with Crippen molar-refractivity contribution in [3.63, 3.8) is 0 Å². The maximum atomic E-state index is 13.1. The number of carbonyl (C=O) groups excluding carboxylic acids is 4. The van der Waals surface area contributed by atoms with Crippen LogP contribution in [0.3, 0.4) is 0 Å². The normalized spacial score (nSPS) is 14.1. The number of aliphatic hydroxyl groups excluding tert-OH is 1. The number of hydrogen-bond donors (Lipinski definition) is 3. The van der Waals surface area contributed by atoms with Gasteiger partial charge in [-0.1, -0.05) is 329 Å². The van der Waals surface area contributed by atoms with Crippen LogP contribution < -0.4 is 0 Å². The standard InChI is InChI=1S/C78H148O17P2/c1-7-9-11-13-15-17-19-21-23-25-27-31-37-44-50-56-62-77(82)94-73(66-88-75(80)60-54-48-42-36-30-26-24-22-20-18-16-14-12-10-8-2)68-92-96(84,85)90-64-72(79)65-91-97(86,87)93-69-74(67-89-76(81)61-55-49-43-39-33-35-41-47-53-59-71(5)6)95-78(83)63-57-51-45-38-32-28-29-34-40-46-52-58-70(3)4/h18,20,22,24,70-74,79H,7-17,19,21,23,25-69H2,1-6H3,(H,84,85)(H,86,87)/b20-18-,24-22-/t72-,73-,74-/m1/s1. The van der Waals surface area contributed by atoms with Gasteiger partial charge >= 0.3 is 39.5 Å². The first-order chi connectivity index (χ1) is 46.9. The van der Waals surface area contributed by atoms with Gasteiger partial charge in [0.25, 0.3) is 0 Å². The zero-order valence-corrected chi connectivity index (χ0v) is 64.7. The molecule has 2 unspecified atom stereocenters. The number of rotatable bonds is 75. The van der Waals surface area contributed by atoms with Crippen molar-refractivity contribution < 1.29 is 80.2 Å². The smallest absolute Gasteiger partial charge is 0.462 e. The van der Waals surface area contributed by atoms with E-state index in [0.29, 0.717) is 25.7 Å². The molecule has 0 rings (SSSR count). The largest absolute Gasteiger partial charge is 0.472 e. The highest BCUT2D eigenvalue weighted by atomic mass is 31.2. The minimum atomic E-state index is -4.97. The highest BCUT2D eigenvalue weighted by molar-refractivity contribution is 7.47. The van der Waals surface area contributed by atoms with Crippen LogP contribution in [-0.2, 0) is 65.4 Å². The topological polar surface area (TPSA) is 237 Å². The molecule has 0 radical (unpaired) electrons. The Kier molecular flexibility index (Phi) is 67.5. The van der Waals surface area contributed by atoms with Crippen LogP contribution in [0.25, 0.3) is 0 Å². The molecule has 0 aliphatic rings. The van der Waals surface area contributed by atoms with Gasteiger partial charge in [-0.2, -0.15) is 0 Å². The number of phosphoric acid groups is 2. The molecule has 0 aromatic heterocycles. The first kappa shape index (κ1) is 94.5. The van der Waals surface area contributed by atoms with Crippen molar-refractivity contribution in [3.05, 3.63) is 24.3 Å². The lowest BCUT2D eigenvalue weighted by Crippen LogP contribution is -2.30. The summed E-state index contributed by atoms with van der Waals surface area (Å²) in [5, 5.41) is 10.6. The van der Waals surface area contributed by atoms with Gasteiger partial charge in [-0.25, -0.2) is 9.13 Å². The summed E-state index contributed by atoms with van der Waals surface area (Å²) in [6.07, 6.45) is 60.4. The highest BCUT2D eigenvalue weighted by Crippen LogP contribution is 2.45. The second kappa shape index (κ2) is 69.3. The molecule has 5 atom stereocenters. The van der Waals surface area contributed by atoms with Gasteiger partial charge in [-0.3, -0.25) is 37.3 Å². The van der Waals surface area contributed by atoms with E-state index in [1.807, 2.05) is 0 Å². The second-order valence-electron chi connectivity index (χ2n) is 28.4. The van der Waals surface area contributed by atoms with E-state index in [1.165, 1.54) is 180 Å². The van der Waals surface area contributed by atoms with Crippen LogP contribution >= 0.6 is 15.6 Å². The summed E-state index contributed by atoms with van der Waals surface area (Å²) in [7, 11) is -9.93. The summed E-state index contributed by atoms with van der Waals surface area (Å²) in [6, 6.07) is 0. The van der Waals surface area contributed by atoms with Gasteiger partial charge in [0.2, 0.25) is 0 Å². The molecule has 0 saturated heterocycles. The lowest BCUT2D eigenvalue weighted by molar-refractivity contribution is -0.161. The van der Waals surface area contributed by atoms with E-state index < -0.39 is 97.5 Å². The Bertz CT molecular complexity index is 1970. The van der Waals surface area contributed by atoms with E-state index in [4.69, 9.17) is 37.0 Å². The number of aliphatic hydroxyl groups is 1. The monoisotopic (exact) mass is 1420 g/mol. The Balaban J connectivity index is 5.30. The van der Waals surface area contributed by atoms with Crippen molar-refractivity contribution in [3.8, 4) is 0 Å². The maximum Gasteiger partial charge on any atom is 0.472 e. The Labute approximate surface area is 592 Å². The van der Waals surface area contributed by atoms with E-state index in [-0.39, 0.29) is 25.7 Å². The number of carbonyl (C=O) groups is 4. The van der Waals surface area contributed by atoms with Crippen LogP contribution in [0.15, 0.2) is 24.3 Å². The fourth-order valence-corrected chi connectivity index (χ4v) is 13.0. The van der Waals surface area contributed by atoms with E-state index in [2.05, 4.69) is 65.8 Å². The quantitative estimate of drug-likeness (QED) is 0.0169. The molecule has 0 amide bonds. The predicted octanol–water partition coefficient (Wildman–Crippen LogP) is 22.7. The molecule has 97 heavy (non-hydrogen) atoms. The minimum absolute atomic E-state index is 0.101. The molecule has 0 bridgehead atoms. The third-order valence-corrected chi connectivity index (χ3v) is 19.5. The molecule has 3 N–H and O–H groups in total. The number of unbranched alkanes of at least 4 members (excludes halogenated alkanes) is 42. The fourth-order valence-electron chi connectivity index (χ4n) is 11.5. The van der Waals surface area contributed by atoms with Gasteiger partial charge < -0.3 is 33.8 Å². The van der Waals surface area contributed by atoms with Gasteiger partial charge in [0.1, 0.15) is 19.3 Å². The molecule has 0 aliphatic heterocycles. The Morgan fingerprint density at radius 2 is 0.557 bits per heavy atom. The number of allylic oxidation sites excluding steroid dienone is 4. The summed E-state index contributed by atoms with van der Waals surface area (Å²) in [5.74, 6) is -0.636. The highest BCUT2D eigenvalue weighted by Gasteiger charge is 2.30. The second-order valence-corrected chi connectivity index (χ2v) is 31.3. The van der Waals surface area contributed by atoms with E-state index in [1.54, 1.807) is 0 Å². The van der Waals surface area contributed by atoms with Crippen molar-refractivity contribution in [1.82, 2.24) is 0 Å². The van der Waals surface area contributed by atoms with Crippen molar-refractivity contribution in [2.24, 2.45) is 11.8 Å². The summed E-state index contributed by atoms with van der Waals surface area (Å²) in [5.41, 5.74) is 0. The molecular formula is C78H148O17P2. The average Bonchev–Trinajstić information content (AvgIpc) is 1.33. The fraction of sp³-hybridized carbons (Fsp3) is 0.897. The predicted molar refractivity (Wildman–Crippen MR) is 395 cm³/mol. The minimum Gasteiger partial charge on any atom is -0.462 e. The average molecular weight is 1420 g/mol. The van der Waals surface area contributed by atoms with Crippen LogP contribution in [0.2, 0.25) is 0 Å². The summed E-state index contributed by atoms with van der Waals surface area (Å²) in [6.45, 7) is 9.53. The SMILES string of the molecule is CCCCCC/C=C\C=C/CCCCCCCC(=O)OC[C@H](COP(=O)(O)OC[C@@H](O)COP(=O)(O)OC[C@@H](COC(=O)CCCCCCCCCCCC(C)C)OC(=O)CCCCCCCCCCCCCC(C)C)OC(=O)CCCCCCCCCCCCCCCCCC. The van der Waals surface area contributed by atoms with Crippen molar-refractivity contribution >= 4 is 39.5 Å². The van der Waals surface area contributed by atoms with Crippen molar-refractivity contribution in [2.45, 2.75) is 400 Å². The van der Waals surface area contributed by atoms with E-state index >= 15 is 0 Å². The van der Waals surface area contributed by atoms with E-state index in [9.17, 15) is 43.2 Å². The molecule has 0 saturated carbocycles. The van der Waals surface area contributed by atoms with Crippen molar-refractivity contribution in [2.75, 3.05) is 39.6 Å². The van der Waals surface area contributed by atoms with Crippen LogP contribution in [0, 0.1) is 11.8 Å². The van der Waals surface area contributed by atoms with Crippen LogP contribution in [0.1, 0.15) is 382 Å². The zero-order valence-electron chi connectivity index (χ0n) is 62.9. The van der Waals surface area contributed by atoms with Crippen LogP contribution in [-0.4, -0.2) is 96.7 Å². The Morgan fingerprint density at radius 3 is 0.845 bits per heavy atom. The van der Waals surface area contributed by atoms with Gasteiger partial charge in [0.05, 0.1) is 26.4 Å². The van der Waals surface area contributed by atoms with Gasteiger partial charge in [0.15, 0.2) is 12.2 Å². The Hall–Kier alpha value is -2.46. The molecular weight excluding hydrogens is 1270 g/mol. The number of ether oxygens (including phenoxy) is 4. The molecule has 0 fully saturated rings. The van der Waals surface area contributed by atoms with E-state index in [0.717, 1.165) is 121 Å². The molecule has 0 aromatic carbocycles. The lowest BCUT2D eigenvalue weighted by Gasteiger charge is -2.21. The summed E-state index contributed by atoms with van der Waals surface area (Å²) < 4.78 is 68.6. The zero-order chi connectivity index (χ0) is 71.4. The first-order valence-electron chi connectivity index (χ1n) is 39.8. The molecule has 0 heterocycles. The molecule has 572 valence electrons. The number of phosphoric ester groups is 2. The van der Waals surface area contributed by atoms with Gasteiger partial charge in [-0.05, 0) is 63.2 Å². The number of hydrogen-bond acceptors (Lipinski definition) is 15. The van der Waals surface area contributed by atoms with Gasteiger partial charge in [-0.15, -0.1) is 0 Å². The molecule has 0 aliphatic carbocycles. The van der Waals surface area contributed by atoms with Crippen LogP contribution in [0.4, 0.5) is 0 Å². The molecule has 19 heteroatoms. The third-order valence-electron chi connectivity index (χ3n) is 17.6. The summed E-state index contributed by atoms with van der Waals surface area (Å²) >= 11 is 0. The number of esters is 4. The van der Waals surface area contributed by atoms with Crippen LogP contribution in [0.5, 0.6) is 0 Å².